The van der Waals surface area contributed by atoms with Crippen LogP contribution in [0, 0.1) is 0 Å². The van der Waals surface area contributed by atoms with E-state index in [1.54, 1.807) is 0 Å². The topological polar surface area (TPSA) is 89.0 Å². The highest BCUT2D eigenvalue weighted by Gasteiger charge is 2.33. The third-order valence-electron chi connectivity index (χ3n) is 4.58. The lowest BCUT2D eigenvalue weighted by atomic mass is 9.95. The summed E-state index contributed by atoms with van der Waals surface area (Å²) in [5, 5.41) is 0. The molecule has 146 valence electrons. The van der Waals surface area contributed by atoms with E-state index in [1.165, 1.54) is 0 Å². The van der Waals surface area contributed by atoms with Gasteiger partial charge in [-0.15, -0.1) is 0 Å². The van der Waals surface area contributed by atoms with Gasteiger partial charge in [0.05, 0.1) is 18.8 Å². The molecule has 0 aliphatic rings. The normalized spacial score (nSPS) is 12.9. The highest BCUT2D eigenvalue weighted by Crippen LogP contribution is 2.25. The first-order valence-corrected chi connectivity index (χ1v) is 10.9. The predicted octanol–water partition coefficient (Wildman–Crippen LogP) is 2.86. The molecule has 1 N–H and O–H groups in total. The Hall–Kier alpha value is -2.06. The second-order valence-corrected chi connectivity index (χ2v) is 9.39. The number of unbranched alkanes of at least 4 members (excludes halogenated alkanes) is 1. The maximum absolute atomic E-state index is 11.0. The number of hydrogen-bond acceptors (Lipinski definition) is 4. The fraction of sp³-hybridized carbons (Fsp3) is 0.526. The van der Waals surface area contributed by atoms with E-state index >= 15 is 0 Å². The van der Waals surface area contributed by atoms with Crippen molar-refractivity contribution in [1.82, 2.24) is 14.5 Å². The zero-order valence-electron chi connectivity index (χ0n) is 16.3. The molecule has 0 fully saturated rings. The molecule has 3 aromatic rings. The van der Waals surface area contributed by atoms with E-state index in [4.69, 9.17) is 14.5 Å². The van der Waals surface area contributed by atoms with Crippen molar-refractivity contribution in [3.8, 4) is 0 Å². The lowest BCUT2D eigenvalue weighted by molar-refractivity contribution is -0.685. The molecule has 0 spiro atoms. The van der Waals surface area contributed by atoms with Gasteiger partial charge in [0.25, 0.3) is 15.8 Å². The molecule has 0 radical (unpaired) electrons. The van der Waals surface area contributed by atoms with E-state index in [0.29, 0.717) is 19.4 Å². The summed E-state index contributed by atoms with van der Waals surface area (Å²) in [4.78, 5) is 9.71. The van der Waals surface area contributed by atoms with Crippen LogP contribution in [0.4, 0.5) is 0 Å². The Balaban J connectivity index is 2.14. The fourth-order valence-electron chi connectivity index (χ4n) is 3.57. The Morgan fingerprint density at radius 1 is 1.11 bits per heavy atom. The number of fused-ring (bicyclic) bond motifs is 2. The lowest BCUT2D eigenvalue weighted by Gasteiger charge is -2.18. The van der Waals surface area contributed by atoms with Crippen molar-refractivity contribution in [3.63, 3.8) is 0 Å². The van der Waals surface area contributed by atoms with Crippen LogP contribution >= 0.6 is 0 Å². The van der Waals surface area contributed by atoms with Crippen molar-refractivity contribution < 1.29 is 17.5 Å². The van der Waals surface area contributed by atoms with Gasteiger partial charge in [0.15, 0.2) is 5.52 Å². The molecule has 0 unspecified atom stereocenters. The summed E-state index contributed by atoms with van der Waals surface area (Å²) in [6, 6.07) is 7.81. The Kier molecular flexibility index (Phi) is 5.22. The van der Waals surface area contributed by atoms with Crippen molar-refractivity contribution in [2.45, 2.75) is 59.0 Å². The third kappa shape index (κ3) is 4.11. The van der Waals surface area contributed by atoms with Gasteiger partial charge >= 0.3 is 5.65 Å². The second-order valence-electron chi connectivity index (χ2n) is 7.82. The highest BCUT2D eigenvalue weighted by molar-refractivity contribution is 7.85. The van der Waals surface area contributed by atoms with Crippen LogP contribution in [0.25, 0.3) is 22.3 Å². The van der Waals surface area contributed by atoms with Gasteiger partial charge < -0.3 is 0 Å². The number of nitrogens with zero attached hydrogens (tertiary/aromatic N) is 4. The zero-order chi connectivity index (χ0) is 19.8. The summed E-state index contributed by atoms with van der Waals surface area (Å²) in [5.74, 6) is 0.890. The molecular weight excluding hydrogens is 364 g/mol. The van der Waals surface area contributed by atoms with Gasteiger partial charge in [-0.2, -0.15) is 8.42 Å². The van der Waals surface area contributed by atoms with E-state index in [2.05, 4.69) is 36.8 Å². The minimum atomic E-state index is -3.93. The van der Waals surface area contributed by atoms with Crippen LogP contribution in [0.3, 0.4) is 0 Å². The monoisotopic (exact) mass is 391 g/mol. The molecule has 8 heteroatoms. The van der Waals surface area contributed by atoms with Crippen molar-refractivity contribution in [1.29, 1.82) is 0 Å². The van der Waals surface area contributed by atoms with Crippen LogP contribution in [-0.2, 0) is 28.6 Å². The fourth-order valence-corrected chi connectivity index (χ4v) is 4.13. The number of aryl methyl sites for hydroxylation is 2. The van der Waals surface area contributed by atoms with E-state index in [-0.39, 0.29) is 11.2 Å². The smallest absolute Gasteiger partial charge is 0.286 e. The zero-order valence-corrected chi connectivity index (χ0v) is 17.1. The van der Waals surface area contributed by atoms with Crippen molar-refractivity contribution in [2.24, 2.45) is 0 Å². The van der Waals surface area contributed by atoms with Crippen molar-refractivity contribution in [3.05, 3.63) is 30.1 Å². The maximum Gasteiger partial charge on any atom is 0.322 e. The third-order valence-corrected chi connectivity index (χ3v) is 5.38. The van der Waals surface area contributed by atoms with Crippen molar-refractivity contribution >= 4 is 32.4 Å². The maximum atomic E-state index is 11.0. The second kappa shape index (κ2) is 7.16. The predicted molar refractivity (Wildman–Crippen MR) is 105 cm³/mol. The summed E-state index contributed by atoms with van der Waals surface area (Å²) >= 11 is 0. The van der Waals surface area contributed by atoms with Gasteiger partial charge in [0.2, 0.25) is 5.82 Å². The van der Waals surface area contributed by atoms with Gasteiger partial charge in [-0.05, 0) is 31.9 Å². The van der Waals surface area contributed by atoms with Crippen LogP contribution in [0.2, 0.25) is 0 Å². The molecule has 0 aliphatic heterocycles. The van der Waals surface area contributed by atoms with Gasteiger partial charge in [0, 0.05) is 5.41 Å². The minimum Gasteiger partial charge on any atom is -0.286 e. The average Bonchev–Trinajstić information content (AvgIpc) is 2.89. The van der Waals surface area contributed by atoms with E-state index in [1.807, 2.05) is 24.3 Å². The minimum absolute atomic E-state index is 0.131. The first kappa shape index (κ1) is 19.7. The van der Waals surface area contributed by atoms with E-state index in [9.17, 15) is 8.42 Å². The lowest BCUT2D eigenvalue weighted by Crippen LogP contribution is -2.44. The molecule has 0 atom stereocenters. The molecule has 0 bridgehead atoms. The average molecular weight is 392 g/mol. The Morgan fingerprint density at radius 2 is 1.74 bits per heavy atom. The van der Waals surface area contributed by atoms with Gasteiger partial charge in [-0.25, -0.2) is 14.1 Å². The Labute approximate surface area is 159 Å². The Morgan fingerprint density at radius 3 is 2.30 bits per heavy atom. The molecule has 0 amide bonds. The molecule has 27 heavy (non-hydrogen) atoms. The molecule has 0 saturated carbocycles. The first-order chi connectivity index (χ1) is 12.6. The van der Waals surface area contributed by atoms with Gasteiger partial charge in [0.1, 0.15) is 5.52 Å². The summed E-state index contributed by atoms with van der Waals surface area (Å²) in [6.45, 7) is 9.95. The number of benzene rings is 1. The van der Waals surface area contributed by atoms with E-state index in [0.717, 1.165) is 34.7 Å². The summed E-state index contributed by atoms with van der Waals surface area (Å²) < 4.78 is 35.3. The molecule has 3 rings (SSSR count). The standard InChI is InChI=1S/C19H26N4O3S/c1-5-22-16-17(21-15-11-7-6-10-14(15)20-16)23(18(22)19(2,3)4)12-8-9-13-27(24,25)26/h6-7,10-11H,5,8-9,12-13H2,1-4H3/p+1. The number of aromatic nitrogens is 4. The van der Waals surface area contributed by atoms with Gasteiger partial charge in [-0.3, -0.25) is 4.55 Å². The SMILES string of the molecule is CCn1c(C(C)(C)C)[n+](CCCCS(=O)(=O)O)c2nc3ccccc3nc21. The van der Waals surface area contributed by atoms with Crippen LogP contribution in [-0.4, -0.2) is 33.3 Å². The number of rotatable bonds is 6. The highest BCUT2D eigenvalue weighted by atomic mass is 32.2. The number of imidazole rings is 1. The van der Waals surface area contributed by atoms with Crippen LogP contribution < -0.4 is 4.57 Å². The molecule has 1 aromatic carbocycles. The molecule has 2 aromatic heterocycles. The van der Waals surface area contributed by atoms with Crippen LogP contribution in [0.15, 0.2) is 24.3 Å². The number of hydrogen-bond donors (Lipinski definition) is 1. The quantitative estimate of drug-likeness (QED) is 0.396. The Bertz CT molecular complexity index is 1080. The van der Waals surface area contributed by atoms with Crippen molar-refractivity contribution in [2.75, 3.05) is 5.75 Å². The largest absolute Gasteiger partial charge is 0.322 e. The van der Waals surface area contributed by atoms with Crippen LogP contribution in [0.1, 0.15) is 46.4 Å². The summed E-state index contributed by atoms with van der Waals surface area (Å²) in [7, 11) is -3.93. The van der Waals surface area contributed by atoms with E-state index < -0.39 is 10.1 Å². The summed E-state index contributed by atoms with van der Waals surface area (Å²) in [6.07, 6.45) is 1.03. The summed E-state index contributed by atoms with van der Waals surface area (Å²) in [5.41, 5.74) is 3.22. The van der Waals surface area contributed by atoms with Crippen LogP contribution in [0.5, 0.6) is 0 Å². The number of para-hydroxylation sites is 2. The van der Waals surface area contributed by atoms with Gasteiger partial charge in [-0.1, -0.05) is 37.9 Å². The molecule has 0 saturated heterocycles. The molecule has 0 aliphatic carbocycles. The molecule has 2 heterocycles. The molecular formula is C19H27N4O3S+. The first-order valence-electron chi connectivity index (χ1n) is 9.26. The molecule has 7 nitrogen and oxygen atoms in total.